The molecule has 0 saturated carbocycles. The minimum Gasteiger partial charge on any atom is -0.496 e. The van der Waals surface area contributed by atoms with Crippen LogP contribution in [-0.2, 0) is 10.0 Å². The van der Waals surface area contributed by atoms with E-state index in [0.717, 1.165) is 5.56 Å². The molecule has 0 aliphatic rings. The molecule has 0 atom stereocenters. The lowest BCUT2D eigenvalue weighted by Gasteiger charge is -2.15. The third-order valence-corrected chi connectivity index (χ3v) is 4.00. The minimum atomic E-state index is -3.32. The first-order valence-corrected chi connectivity index (χ1v) is 7.32. The van der Waals surface area contributed by atoms with Crippen molar-refractivity contribution in [2.75, 3.05) is 24.7 Å². The van der Waals surface area contributed by atoms with Crippen molar-refractivity contribution in [2.45, 2.75) is 20.3 Å². The lowest BCUT2D eigenvalue weighted by molar-refractivity contribution is 0.390. The molecule has 0 bridgehead atoms. The maximum absolute atomic E-state index is 11.7. The molecule has 1 N–H and O–H groups in total. The summed E-state index contributed by atoms with van der Waals surface area (Å²) in [7, 11) is -0.267. The highest BCUT2D eigenvalue weighted by Crippen LogP contribution is 2.35. The van der Waals surface area contributed by atoms with Gasteiger partial charge in [0, 0.05) is 5.56 Å². The zero-order valence-corrected chi connectivity index (χ0v) is 11.9. The van der Waals surface area contributed by atoms with Gasteiger partial charge in [0.15, 0.2) is 0 Å². The van der Waals surface area contributed by atoms with E-state index in [1.54, 1.807) is 19.2 Å². The molecule has 0 spiro atoms. The molecule has 0 unspecified atom stereocenters. The summed E-state index contributed by atoms with van der Waals surface area (Å²) in [5.74, 6) is 1.22. The standard InChI is InChI=1S/C12H19NO4S/c1-5-8-18(14,15)13-10-6-7-11(16-3)9(2)12(10)17-4/h6-7,13H,5,8H2,1-4H3. The van der Waals surface area contributed by atoms with E-state index in [0.29, 0.717) is 23.6 Å². The highest BCUT2D eigenvalue weighted by atomic mass is 32.2. The number of benzene rings is 1. The monoisotopic (exact) mass is 273 g/mol. The van der Waals surface area contributed by atoms with Gasteiger partial charge in [0.1, 0.15) is 11.5 Å². The second-order valence-corrected chi connectivity index (χ2v) is 5.74. The van der Waals surface area contributed by atoms with Crippen molar-refractivity contribution in [3.05, 3.63) is 17.7 Å². The Balaban J connectivity index is 3.14. The number of ether oxygens (including phenoxy) is 2. The van der Waals surface area contributed by atoms with E-state index in [-0.39, 0.29) is 5.75 Å². The Labute approximate surface area is 108 Å². The Morgan fingerprint density at radius 1 is 1.22 bits per heavy atom. The van der Waals surface area contributed by atoms with Gasteiger partial charge in [0.05, 0.1) is 25.7 Å². The molecule has 1 aromatic rings. The number of hydrogen-bond acceptors (Lipinski definition) is 4. The predicted molar refractivity (Wildman–Crippen MR) is 72.0 cm³/mol. The van der Waals surface area contributed by atoms with Crippen molar-refractivity contribution in [2.24, 2.45) is 0 Å². The second-order valence-electron chi connectivity index (χ2n) is 3.89. The average Bonchev–Trinajstić information content (AvgIpc) is 2.29. The van der Waals surface area contributed by atoms with Crippen molar-refractivity contribution in [3.8, 4) is 11.5 Å². The molecule has 0 aliphatic carbocycles. The van der Waals surface area contributed by atoms with Crippen molar-refractivity contribution in [1.82, 2.24) is 0 Å². The number of sulfonamides is 1. The van der Waals surface area contributed by atoms with E-state index < -0.39 is 10.0 Å². The maximum Gasteiger partial charge on any atom is 0.232 e. The van der Waals surface area contributed by atoms with Crippen LogP contribution in [0.25, 0.3) is 0 Å². The zero-order chi connectivity index (χ0) is 13.8. The number of rotatable bonds is 6. The van der Waals surface area contributed by atoms with Crippen LogP contribution in [0.4, 0.5) is 5.69 Å². The Hall–Kier alpha value is -1.43. The first kappa shape index (κ1) is 14.6. The van der Waals surface area contributed by atoms with Gasteiger partial charge in [-0.15, -0.1) is 0 Å². The van der Waals surface area contributed by atoms with Crippen molar-refractivity contribution < 1.29 is 17.9 Å². The summed E-state index contributed by atoms with van der Waals surface area (Å²) in [5, 5.41) is 0. The Bertz CT molecular complexity index is 511. The summed E-state index contributed by atoms with van der Waals surface area (Å²) in [6, 6.07) is 3.35. The molecule has 0 saturated heterocycles. The molecule has 6 heteroatoms. The Morgan fingerprint density at radius 3 is 2.39 bits per heavy atom. The molecule has 1 rings (SSSR count). The van der Waals surface area contributed by atoms with Gasteiger partial charge >= 0.3 is 0 Å². The van der Waals surface area contributed by atoms with Crippen molar-refractivity contribution in [1.29, 1.82) is 0 Å². The molecule has 0 fully saturated rings. The quantitative estimate of drug-likeness (QED) is 0.862. The molecular weight excluding hydrogens is 254 g/mol. The topological polar surface area (TPSA) is 64.6 Å². The zero-order valence-electron chi connectivity index (χ0n) is 11.1. The first-order chi connectivity index (χ1) is 8.45. The number of nitrogens with one attached hydrogen (secondary N) is 1. The van der Waals surface area contributed by atoms with Crippen LogP contribution in [0.5, 0.6) is 11.5 Å². The summed E-state index contributed by atoms with van der Waals surface area (Å²) >= 11 is 0. The summed E-state index contributed by atoms with van der Waals surface area (Å²) in [6.07, 6.45) is 0.562. The smallest absolute Gasteiger partial charge is 0.232 e. The van der Waals surface area contributed by atoms with E-state index in [9.17, 15) is 8.42 Å². The predicted octanol–water partition coefficient (Wildman–Crippen LogP) is 2.16. The first-order valence-electron chi connectivity index (χ1n) is 5.67. The molecule has 0 radical (unpaired) electrons. The van der Waals surface area contributed by atoms with Crippen LogP contribution >= 0.6 is 0 Å². The molecular formula is C12H19NO4S. The molecule has 102 valence electrons. The van der Waals surface area contributed by atoms with Gasteiger partial charge in [-0.25, -0.2) is 8.42 Å². The van der Waals surface area contributed by atoms with Gasteiger partial charge in [0.25, 0.3) is 0 Å². The lowest BCUT2D eigenvalue weighted by atomic mass is 10.2. The minimum absolute atomic E-state index is 0.0846. The Morgan fingerprint density at radius 2 is 1.89 bits per heavy atom. The van der Waals surface area contributed by atoms with Gasteiger partial charge in [0.2, 0.25) is 10.0 Å². The van der Waals surface area contributed by atoms with Gasteiger partial charge in [-0.2, -0.15) is 0 Å². The van der Waals surface area contributed by atoms with Crippen molar-refractivity contribution in [3.63, 3.8) is 0 Å². The third-order valence-electron chi connectivity index (χ3n) is 2.52. The normalized spacial score (nSPS) is 11.1. The molecule has 0 amide bonds. The van der Waals surface area contributed by atoms with E-state index in [1.807, 2.05) is 13.8 Å². The van der Waals surface area contributed by atoms with Gasteiger partial charge in [-0.3, -0.25) is 4.72 Å². The van der Waals surface area contributed by atoms with Crippen LogP contribution in [0.2, 0.25) is 0 Å². The molecule has 18 heavy (non-hydrogen) atoms. The summed E-state index contributed by atoms with van der Waals surface area (Å²) < 4.78 is 36.4. The van der Waals surface area contributed by atoms with Gasteiger partial charge in [-0.1, -0.05) is 6.92 Å². The van der Waals surface area contributed by atoms with Gasteiger partial charge < -0.3 is 9.47 Å². The van der Waals surface area contributed by atoms with Crippen LogP contribution < -0.4 is 14.2 Å². The Kier molecular flexibility index (Phi) is 4.84. The van der Waals surface area contributed by atoms with E-state index in [4.69, 9.17) is 9.47 Å². The highest BCUT2D eigenvalue weighted by Gasteiger charge is 2.16. The SMILES string of the molecule is CCCS(=O)(=O)Nc1ccc(OC)c(C)c1OC. The highest BCUT2D eigenvalue weighted by molar-refractivity contribution is 7.92. The molecule has 0 aliphatic heterocycles. The fourth-order valence-corrected chi connectivity index (χ4v) is 2.86. The second kappa shape index (κ2) is 5.95. The summed E-state index contributed by atoms with van der Waals surface area (Å²) in [6.45, 7) is 3.63. The fraction of sp³-hybridized carbons (Fsp3) is 0.500. The van der Waals surface area contributed by atoms with E-state index in [2.05, 4.69) is 4.72 Å². The van der Waals surface area contributed by atoms with Crippen molar-refractivity contribution >= 4 is 15.7 Å². The van der Waals surface area contributed by atoms with Crippen LogP contribution in [-0.4, -0.2) is 28.4 Å². The number of anilines is 1. The molecule has 0 aromatic heterocycles. The van der Waals surface area contributed by atoms with E-state index in [1.165, 1.54) is 7.11 Å². The summed E-state index contributed by atoms with van der Waals surface area (Å²) in [4.78, 5) is 0. The third kappa shape index (κ3) is 3.29. The average molecular weight is 273 g/mol. The molecule has 5 nitrogen and oxygen atoms in total. The summed E-state index contributed by atoms with van der Waals surface area (Å²) in [5.41, 5.74) is 1.20. The number of hydrogen-bond donors (Lipinski definition) is 1. The fourth-order valence-electron chi connectivity index (χ4n) is 1.73. The lowest BCUT2D eigenvalue weighted by Crippen LogP contribution is -2.16. The van der Waals surface area contributed by atoms with Crippen LogP contribution in [0, 0.1) is 6.92 Å². The van der Waals surface area contributed by atoms with Crippen LogP contribution in [0.3, 0.4) is 0 Å². The van der Waals surface area contributed by atoms with E-state index >= 15 is 0 Å². The van der Waals surface area contributed by atoms with Gasteiger partial charge in [-0.05, 0) is 25.5 Å². The largest absolute Gasteiger partial charge is 0.496 e. The van der Waals surface area contributed by atoms with Crippen LogP contribution in [0.1, 0.15) is 18.9 Å². The molecule has 0 heterocycles. The number of methoxy groups -OCH3 is 2. The van der Waals surface area contributed by atoms with Crippen LogP contribution in [0.15, 0.2) is 12.1 Å². The molecule has 1 aromatic carbocycles. The maximum atomic E-state index is 11.7.